The maximum atomic E-state index is 13.4. The predicted octanol–water partition coefficient (Wildman–Crippen LogP) is 1.87. The highest BCUT2D eigenvalue weighted by Gasteiger charge is 2.19. The Kier molecular flexibility index (Phi) is 4.58. The quantitative estimate of drug-likeness (QED) is 0.831. The number of nitrogens with zero attached hydrogens (tertiary/aromatic N) is 3. The molecular formula is C14H18FN3O. The highest BCUT2D eigenvalue weighted by atomic mass is 19.1. The molecule has 0 N–H and O–H groups in total. The molecule has 0 unspecified atom stereocenters. The van der Waals surface area contributed by atoms with E-state index in [4.69, 9.17) is 10.00 Å². The van der Waals surface area contributed by atoms with E-state index in [1.165, 1.54) is 12.1 Å². The van der Waals surface area contributed by atoms with Crippen molar-refractivity contribution in [1.29, 1.82) is 5.26 Å². The zero-order valence-corrected chi connectivity index (χ0v) is 11.1. The van der Waals surface area contributed by atoms with Gasteiger partial charge >= 0.3 is 0 Å². The van der Waals surface area contributed by atoms with E-state index < -0.39 is 0 Å². The lowest BCUT2D eigenvalue weighted by molar-refractivity contribution is 0.262. The van der Waals surface area contributed by atoms with E-state index in [2.05, 4.69) is 15.9 Å². The average molecular weight is 263 g/mol. The van der Waals surface area contributed by atoms with Gasteiger partial charge < -0.3 is 9.64 Å². The summed E-state index contributed by atoms with van der Waals surface area (Å²) >= 11 is 0. The maximum Gasteiger partial charge on any atom is 0.142 e. The first kappa shape index (κ1) is 13.6. The van der Waals surface area contributed by atoms with Crippen LogP contribution in [0.4, 0.5) is 10.1 Å². The van der Waals surface area contributed by atoms with Crippen molar-refractivity contribution >= 4 is 5.69 Å². The van der Waals surface area contributed by atoms with E-state index >= 15 is 0 Å². The molecule has 0 aromatic heterocycles. The second-order valence-electron chi connectivity index (χ2n) is 4.55. The van der Waals surface area contributed by atoms with E-state index in [0.29, 0.717) is 12.2 Å². The molecule has 0 bridgehead atoms. The van der Waals surface area contributed by atoms with Crippen molar-refractivity contribution in [3.8, 4) is 11.8 Å². The SMILES string of the molecule is COc1ccc(F)cc1N1CCN(CCC#N)CC1. The number of hydrogen-bond donors (Lipinski definition) is 0. The fourth-order valence-corrected chi connectivity index (χ4v) is 2.33. The van der Waals surface area contributed by atoms with Crippen molar-refractivity contribution in [1.82, 2.24) is 4.90 Å². The van der Waals surface area contributed by atoms with Crippen molar-refractivity contribution in [2.24, 2.45) is 0 Å². The number of halogens is 1. The molecule has 0 atom stereocenters. The molecule has 1 aliphatic rings. The van der Waals surface area contributed by atoms with Gasteiger partial charge in [0.25, 0.3) is 0 Å². The van der Waals surface area contributed by atoms with E-state index in [9.17, 15) is 4.39 Å². The van der Waals surface area contributed by atoms with Crippen LogP contribution in [0.1, 0.15) is 6.42 Å². The fraction of sp³-hybridized carbons (Fsp3) is 0.500. The second-order valence-corrected chi connectivity index (χ2v) is 4.55. The second kappa shape index (κ2) is 6.39. The molecule has 5 heteroatoms. The van der Waals surface area contributed by atoms with Crippen LogP contribution in [0.25, 0.3) is 0 Å². The number of piperazine rings is 1. The summed E-state index contributed by atoms with van der Waals surface area (Å²) in [6.07, 6.45) is 0.559. The Hall–Kier alpha value is -1.80. The van der Waals surface area contributed by atoms with Crippen molar-refractivity contribution in [2.45, 2.75) is 6.42 Å². The van der Waals surface area contributed by atoms with E-state index in [1.807, 2.05) is 0 Å². The summed E-state index contributed by atoms with van der Waals surface area (Å²) in [5, 5.41) is 8.58. The zero-order chi connectivity index (χ0) is 13.7. The van der Waals surface area contributed by atoms with Gasteiger partial charge in [-0.15, -0.1) is 0 Å². The Morgan fingerprint density at radius 2 is 2.05 bits per heavy atom. The fourth-order valence-electron chi connectivity index (χ4n) is 2.33. The summed E-state index contributed by atoms with van der Waals surface area (Å²) in [6, 6.07) is 6.74. The maximum absolute atomic E-state index is 13.4. The first-order valence-electron chi connectivity index (χ1n) is 6.42. The molecule has 4 nitrogen and oxygen atoms in total. The molecular weight excluding hydrogens is 245 g/mol. The van der Waals surface area contributed by atoms with Crippen LogP contribution in [0.3, 0.4) is 0 Å². The number of rotatable bonds is 4. The molecule has 19 heavy (non-hydrogen) atoms. The van der Waals surface area contributed by atoms with Gasteiger partial charge in [0.1, 0.15) is 11.6 Å². The smallest absolute Gasteiger partial charge is 0.142 e. The van der Waals surface area contributed by atoms with Gasteiger partial charge in [-0.2, -0.15) is 5.26 Å². The van der Waals surface area contributed by atoms with Gasteiger partial charge in [0.05, 0.1) is 18.9 Å². The summed E-state index contributed by atoms with van der Waals surface area (Å²) in [4.78, 5) is 4.39. The molecule has 0 aliphatic carbocycles. The number of nitriles is 1. The van der Waals surface area contributed by atoms with Crippen LogP contribution in [-0.2, 0) is 0 Å². The van der Waals surface area contributed by atoms with E-state index in [0.717, 1.165) is 38.4 Å². The minimum absolute atomic E-state index is 0.247. The lowest BCUT2D eigenvalue weighted by Crippen LogP contribution is -2.46. The normalized spacial score (nSPS) is 16.2. The summed E-state index contributed by atoms with van der Waals surface area (Å²) in [5.74, 6) is 0.453. The van der Waals surface area contributed by atoms with Gasteiger partial charge in [0.2, 0.25) is 0 Å². The Morgan fingerprint density at radius 3 is 2.68 bits per heavy atom. The van der Waals surface area contributed by atoms with Gasteiger partial charge in [0, 0.05) is 45.2 Å². The van der Waals surface area contributed by atoms with Gasteiger partial charge in [-0.3, -0.25) is 4.90 Å². The van der Waals surface area contributed by atoms with E-state index in [-0.39, 0.29) is 5.82 Å². The molecule has 1 aromatic carbocycles. The molecule has 0 radical (unpaired) electrons. The highest BCUT2D eigenvalue weighted by Crippen LogP contribution is 2.29. The standard InChI is InChI=1S/C14H18FN3O/c1-19-14-4-3-12(15)11-13(14)18-9-7-17(8-10-18)6-2-5-16/h3-4,11H,2,6-10H2,1H3. The Morgan fingerprint density at radius 1 is 1.32 bits per heavy atom. The lowest BCUT2D eigenvalue weighted by Gasteiger charge is -2.36. The summed E-state index contributed by atoms with van der Waals surface area (Å²) in [5.41, 5.74) is 0.808. The molecule has 1 heterocycles. The molecule has 0 spiro atoms. The molecule has 1 saturated heterocycles. The average Bonchev–Trinajstić information content (AvgIpc) is 2.45. The van der Waals surface area contributed by atoms with Crippen molar-refractivity contribution < 1.29 is 9.13 Å². The van der Waals surface area contributed by atoms with Gasteiger partial charge in [0.15, 0.2) is 0 Å². The van der Waals surface area contributed by atoms with Crippen LogP contribution in [0, 0.1) is 17.1 Å². The largest absolute Gasteiger partial charge is 0.495 e. The Bertz CT molecular complexity index is 464. The Balaban J connectivity index is 2.01. The molecule has 1 aromatic rings. The van der Waals surface area contributed by atoms with Crippen LogP contribution >= 0.6 is 0 Å². The summed E-state index contributed by atoms with van der Waals surface area (Å²) < 4.78 is 18.6. The van der Waals surface area contributed by atoms with Crippen LogP contribution in [0.5, 0.6) is 5.75 Å². The van der Waals surface area contributed by atoms with Crippen molar-refractivity contribution in [2.75, 3.05) is 44.7 Å². The topological polar surface area (TPSA) is 39.5 Å². The third kappa shape index (κ3) is 3.36. The summed E-state index contributed by atoms with van der Waals surface area (Å²) in [7, 11) is 1.60. The molecule has 0 amide bonds. The molecule has 102 valence electrons. The number of anilines is 1. The lowest BCUT2D eigenvalue weighted by atomic mass is 10.2. The molecule has 1 fully saturated rings. The predicted molar refractivity (Wildman–Crippen MR) is 71.8 cm³/mol. The minimum Gasteiger partial charge on any atom is -0.495 e. The van der Waals surface area contributed by atoms with Gasteiger partial charge in [-0.25, -0.2) is 4.39 Å². The van der Waals surface area contributed by atoms with Crippen LogP contribution in [-0.4, -0.2) is 44.7 Å². The monoisotopic (exact) mass is 263 g/mol. The third-order valence-corrected chi connectivity index (χ3v) is 3.39. The van der Waals surface area contributed by atoms with Crippen molar-refractivity contribution in [3.63, 3.8) is 0 Å². The number of hydrogen-bond acceptors (Lipinski definition) is 4. The van der Waals surface area contributed by atoms with Gasteiger partial charge in [-0.1, -0.05) is 0 Å². The number of ether oxygens (including phenoxy) is 1. The van der Waals surface area contributed by atoms with Gasteiger partial charge in [-0.05, 0) is 12.1 Å². The van der Waals surface area contributed by atoms with E-state index in [1.54, 1.807) is 13.2 Å². The van der Waals surface area contributed by atoms with Crippen molar-refractivity contribution in [3.05, 3.63) is 24.0 Å². The van der Waals surface area contributed by atoms with Crippen LogP contribution < -0.4 is 9.64 Å². The first-order chi connectivity index (χ1) is 9.24. The minimum atomic E-state index is -0.247. The summed E-state index contributed by atoms with van der Waals surface area (Å²) in [6.45, 7) is 4.24. The number of benzene rings is 1. The molecule has 1 aliphatic heterocycles. The van der Waals surface area contributed by atoms with Crippen LogP contribution in [0.2, 0.25) is 0 Å². The molecule has 0 saturated carbocycles. The first-order valence-corrected chi connectivity index (χ1v) is 6.42. The zero-order valence-electron chi connectivity index (χ0n) is 11.1. The highest BCUT2D eigenvalue weighted by molar-refractivity contribution is 5.59. The molecule has 2 rings (SSSR count). The van der Waals surface area contributed by atoms with Crippen LogP contribution in [0.15, 0.2) is 18.2 Å². The number of methoxy groups -OCH3 is 1. The Labute approximate surface area is 113 Å². The third-order valence-electron chi connectivity index (χ3n) is 3.39.